The fraction of sp³-hybridized carbons (Fsp3) is 1.00. The third-order valence-electron chi connectivity index (χ3n) is 2.67. The first-order valence-electron chi connectivity index (χ1n) is 5.20. The zero-order valence-electron chi connectivity index (χ0n) is 9.51. The summed E-state index contributed by atoms with van der Waals surface area (Å²) in [4.78, 5) is 0. The van der Waals surface area contributed by atoms with E-state index in [-0.39, 0.29) is 18.3 Å². The van der Waals surface area contributed by atoms with Gasteiger partial charge in [0.25, 0.3) is 0 Å². The highest BCUT2D eigenvalue weighted by Gasteiger charge is 2.31. The second kappa shape index (κ2) is 4.99. The van der Waals surface area contributed by atoms with Gasteiger partial charge in [0.2, 0.25) is 20.0 Å². The predicted molar refractivity (Wildman–Crippen MR) is 62.0 cm³/mol. The van der Waals surface area contributed by atoms with Crippen LogP contribution in [0.4, 0.5) is 0 Å². The van der Waals surface area contributed by atoms with Crippen molar-refractivity contribution in [1.29, 1.82) is 0 Å². The summed E-state index contributed by atoms with van der Waals surface area (Å²) in [6.07, 6.45) is 2.64. The number of nitrogens with zero attached hydrogens (tertiary/aromatic N) is 1. The number of rotatable bonds is 5. The molecule has 1 atom stereocenters. The Labute approximate surface area is 97.1 Å². The van der Waals surface area contributed by atoms with Crippen LogP contribution in [0.1, 0.15) is 19.8 Å². The van der Waals surface area contributed by atoms with Crippen LogP contribution in [0, 0.1) is 0 Å². The van der Waals surface area contributed by atoms with Gasteiger partial charge in [0, 0.05) is 19.1 Å². The van der Waals surface area contributed by atoms with E-state index in [1.165, 1.54) is 4.31 Å². The van der Waals surface area contributed by atoms with Gasteiger partial charge in [-0.05, 0) is 19.8 Å². The first kappa shape index (κ1) is 13.9. The van der Waals surface area contributed by atoms with Crippen molar-refractivity contribution in [3.63, 3.8) is 0 Å². The van der Waals surface area contributed by atoms with Gasteiger partial charge in [0.15, 0.2) is 0 Å². The Morgan fingerprint density at radius 2 is 1.94 bits per heavy atom. The summed E-state index contributed by atoms with van der Waals surface area (Å²) in [6.45, 7) is 2.20. The Morgan fingerprint density at radius 3 is 2.44 bits per heavy atom. The van der Waals surface area contributed by atoms with Crippen LogP contribution in [0.25, 0.3) is 0 Å². The Balaban J connectivity index is 2.62. The first-order valence-corrected chi connectivity index (χ1v) is 8.70. The molecule has 0 bridgehead atoms. The minimum absolute atomic E-state index is 0.0125. The van der Waals surface area contributed by atoms with Crippen LogP contribution in [0.15, 0.2) is 0 Å². The molecular weight excluding hydrogens is 252 g/mol. The lowest BCUT2D eigenvalue weighted by atomic mass is 10.2. The van der Waals surface area contributed by atoms with E-state index in [0.29, 0.717) is 13.0 Å². The van der Waals surface area contributed by atoms with Crippen molar-refractivity contribution in [2.24, 2.45) is 0 Å². The van der Waals surface area contributed by atoms with E-state index < -0.39 is 20.0 Å². The highest BCUT2D eigenvalue weighted by molar-refractivity contribution is 7.89. The topological polar surface area (TPSA) is 83.6 Å². The second-order valence-electron chi connectivity index (χ2n) is 3.92. The summed E-state index contributed by atoms with van der Waals surface area (Å²) in [5, 5.41) is 0. The Morgan fingerprint density at radius 1 is 1.31 bits per heavy atom. The van der Waals surface area contributed by atoms with Crippen LogP contribution in [-0.2, 0) is 20.0 Å². The molecule has 0 aliphatic carbocycles. The molecule has 0 aromatic carbocycles. The Hall–Kier alpha value is -0.180. The van der Waals surface area contributed by atoms with Crippen molar-refractivity contribution in [2.45, 2.75) is 25.8 Å². The maximum atomic E-state index is 11.4. The summed E-state index contributed by atoms with van der Waals surface area (Å²) >= 11 is 0. The molecular formula is C8H18N2O4S2. The summed E-state index contributed by atoms with van der Waals surface area (Å²) in [5.41, 5.74) is 0. The van der Waals surface area contributed by atoms with Crippen molar-refractivity contribution in [2.75, 3.05) is 25.1 Å². The molecule has 1 aliphatic heterocycles. The molecule has 1 heterocycles. The molecule has 0 saturated carbocycles. The van der Waals surface area contributed by atoms with Crippen molar-refractivity contribution in [3.05, 3.63) is 0 Å². The van der Waals surface area contributed by atoms with E-state index in [1.807, 2.05) is 0 Å². The third kappa shape index (κ3) is 3.69. The van der Waals surface area contributed by atoms with Crippen molar-refractivity contribution >= 4 is 20.0 Å². The van der Waals surface area contributed by atoms with Crippen LogP contribution >= 0.6 is 0 Å². The van der Waals surface area contributed by atoms with Gasteiger partial charge in [-0.25, -0.2) is 21.6 Å². The van der Waals surface area contributed by atoms with Crippen LogP contribution in [0.5, 0.6) is 0 Å². The van der Waals surface area contributed by atoms with E-state index in [0.717, 1.165) is 12.7 Å². The largest absolute Gasteiger partial charge is 0.214 e. The Kier molecular flexibility index (Phi) is 4.33. The van der Waals surface area contributed by atoms with Gasteiger partial charge < -0.3 is 0 Å². The minimum Gasteiger partial charge on any atom is -0.214 e. The molecule has 0 radical (unpaired) electrons. The number of hydrogen-bond acceptors (Lipinski definition) is 4. The standard InChI is InChI=1S/C8H18N2O4S2/c1-3-16(13,14)9-7-8-5-4-6-10(8)15(2,11)12/h8-9H,3-7H2,1-2H3. The minimum atomic E-state index is -3.25. The van der Waals surface area contributed by atoms with Crippen LogP contribution in [0.3, 0.4) is 0 Å². The van der Waals surface area contributed by atoms with Crippen molar-refractivity contribution in [3.8, 4) is 0 Å². The van der Waals surface area contributed by atoms with Gasteiger partial charge in [-0.2, -0.15) is 4.31 Å². The van der Waals surface area contributed by atoms with Crippen molar-refractivity contribution < 1.29 is 16.8 Å². The van der Waals surface area contributed by atoms with E-state index in [9.17, 15) is 16.8 Å². The van der Waals surface area contributed by atoms with E-state index in [4.69, 9.17) is 0 Å². The third-order valence-corrected chi connectivity index (χ3v) is 5.37. The molecule has 1 saturated heterocycles. The van der Waals surface area contributed by atoms with Gasteiger partial charge in [-0.3, -0.25) is 0 Å². The smallest absolute Gasteiger partial charge is 0.211 e. The fourth-order valence-electron chi connectivity index (χ4n) is 1.78. The lowest BCUT2D eigenvalue weighted by Crippen LogP contribution is -2.42. The molecule has 16 heavy (non-hydrogen) atoms. The molecule has 1 rings (SSSR count). The lowest BCUT2D eigenvalue weighted by molar-refractivity contribution is 0.388. The molecule has 96 valence electrons. The van der Waals surface area contributed by atoms with Crippen molar-refractivity contribution in [1.82, 2.24) is 9.03 Å². The highest BCUT2D eigenvalue weighted by Crippen LogP contribution is 2.19. The molecule has 0 amide bonds. The highest BCUT2D eigenvalue weighted by atomic mass is 32.2. The number of hydrogen-bond donors (Lipinski definition) is 1. The lowest BCUT2D eigenvalue weighted by Gasteiger charge is -2.22. The molecule has 0 aromatic rings. The van der Waals surface area contributed by atoms with Crippen LogP contribution in [0.2, 0.25) is 0 Å². The average Bonchev–Trinajstić information content (AvgIpc) is 2.62. The van der Waals surface area contributed by atoms with E-state index in [2.05, 4.69) is 4.72 Å². The normalized spacial score (nSPS) is 23.8. The zero-order chi connectivity index (χ0) is 12.4. The molecule has 6 nitrogen and oxygen atoms in total. The maximum Gasteiger partial charge on any atom is 0.211 e. The van der Waals surface area contributed by atoms with E-state index in [1.54, 1.807) is 6.92 Å². The first-order chi connectivity index (χ1) is 7.26. The molecule has 0 spiro atoms. The van der Waals surface area contributed by atoms with Gasteiger partial charge in [0.05, 0.1) is 12.0 Å². The molecule has 1 aliphatic rings. The van der Waals surface area contributed by atoms with Crippen LogP contribution in [-0.4, -0.2) is 52.3 Å². The zero-order valence-corrected chi connectivity index (χ0v) is 11.1. The van der Waals surface area contributed by atoms with Crippen LogP contribution < -0.4 is 4.72 Å². The monoisotopic (exact) mass is 270 g/mol. The maximum absolute atomic E-state index is 11.4. The van der Waals surface area contributed by atoms with Gasteiger partial charge in [0.1, 0.15) is 0 Å². The number of nitrogens with one attached hydrogen (secondary N) is 1. The van der Waals surface area contributed by atoms with Gasteiger partial charge in [-0.1, -0.05) is 0 Å². The summed E-state index contributed by atoms with van der Waals surface area (Å²) in [6, 6.07) is -0.240. The summed E-state index contributed by atoms with van der Waals surface area (Å²) in [5.74, 6) is 0.0125. The quantitative estimate of drug-likeness (QED) is 0.719. The van der Waals surface area contributed by atoms with Gasteiger partial charge in [-0.15, -0.1) is 0 Å². The number of sulfonamides is 2. The molecule has 0 aromatic heterocycles. The molecule has 1 N–H and O–H groups in total. The average molecular weight is 270 g/mol. The van der Waals surface area contributed by atoms with Gasteiger partial charge >= 0.3 is 0 Å². The molecule has 8 heteroatoms. The summed E-state index contributed by atoms with van der Waals surface area (Å²) < 4.78 is 49.0. The predicted octanol–water partition coefficient (Wildman–Crippen LogP) is -0.650. The molecule has 1 unspecified atom stereocenters. The summed E-state index contributed by atoms with van der Waals surface area (Å²) in [7, 11) is -6.47. The molecule has 1 fully saturated rings. The van der Waals surface area contributed by atoms with E-state index >= 15 is 0 Å². The Bertz CT molecular complexity index is 429. The SMILES string of the molecule is CCS(=O)(=O)NCC1CCCN1S(C)(=O)=O. The second-order valence-corrected chi connectivity index (χ2v) is 7.95. The fourth-order valence-corrected chi connectivity index (χ4v) is 3.61.